The van der Waals surface area contributed by atoms with Crippen LogP contribution < -0.4 is 11.1 Å². The Morgan fingerprint density at radius 3 is 2.31 bits per heavy atom. The largest absolute Gasteiger partial charge is 0.389 e. The summed E-state index contributed by atoms with van der Waals surface area (Å²) < 4.78 is 35.4. The van der Waals surface area contributed by atoms with Crippen LogP contribution in [0.15, 0.2) is 0 Å². The highest BCUT2D eigenvalue weighted by Crippen LogP contribution is 2.31. The fourth-order valence-corrected chi connectivity index (χ4v) is 1.92. The van der Waals surface area contributed by atoms with Gasteiger partial charge in [0.1, 0.15) is 0 Å². The van der Waals surface area contributed by atoms with E-state index in [1.54, 1.807) is 0 Å². The third kappa shape index (κ3) is 5.70. The summed E-state index contributed by atoms with van der Waals surface area (Å²) in [6, 6.07) is 0. The molecule has 1 aliphatic rings. The monoisotopic (exact) mass is 238 g/mol. The van der Waals surface area contributed by atoms with Gasteiger partial charge in [-0.15, -0.1) is 0 Å². The predicted molar refractivity (Wildman–Crippen MR) is 58.2 cm³/mol. The maximum Gasteiger partial charge on any atom is 0.389 e. The molecule has 5 heteroatoms. The van der Waals surface area contributed by atoms with Gasteiger partial charge in [-0.05, 0) is 51.6 Å². The molecule has 1 rings (SSSR count). The molecule has 96 valence electrons. The van der Waals surface area contributed by atoms with Crippen molar-refractivity contribution >= 4 is 0 Å². The predicted octanol–water partition coefficient (Wildman–Crippen LogP) is 2.58. The molecule has 0 heterocycles. The van der Waals surface area contributed by atoms with Gasteiger partial charge >= 0.3 is 6.18 Å². The zero-order valence-corrected chi connectivity index (χ0v) is 9.58. The molecule has 0 aliphatic heterocycles. The number of unbranched alkanes of at least 4 members (excludes halogenated alkanes) is 1. The first kappa shape index (κ1) is 13.8. The molecule has 0 aromatic carbocycles. The van der Waals surface area contributed by atoms with Crippen LogP contribution in [0.5, 0.6) is 0 Å². The molecular weight excluding hydrogens is 217 g/mol. The molecule has 1 aliphatic carbocycles. The lowest BCUT2D eigenvalue weighted by atomic mass is 9.75. The maximum atomic E-state index is 11.8. The quantitative estimate of drug-likeness (QED) is 0.669. The highest BCUT2D eigenvalue weighted by atomic mass is 19.4. The zero-order valence-electron chi connectivity index (χ0n) is 9.58. The molecule has 0 unspecified atom stereocenters. The van der Waals surface area contributed by atoms with E-state index in [-0.39, 0.29) is 12.0 Å². The standard InChI is InChI=1S/C11H21F3N2/c12-11(13,14)6-1-2-8-16-9-7-10(15)4-3-5-10/h16H,1-9,15H2. The summed E-state index contributed by atoms with van der Waals surface area (Å²) in [5, 5.41) is 3.15. The lowest BCUT2D eigenvalue weighted by Gasteiger charge is -2.38. The van der Waals surface area contributed by atoms with Gasteiger partial charge in [-0.1, -0.05) is 0 Å². The molecule has 0 radical (unpaired) electrons. The average Bonchev–Trinajstić information content (AvgIpc) is 2.12. The Hall–Kier alpha value is -0.290. The number of halogens is 3. The van der Waals surface area contributed by atoms with Crippen molar-refractivity contribution in [2.24, 2.45) is 5.73 Å². The van der Waals surface area contributed by atoms with Crippen molar-refractivity contribution in [2.75, 3.05) is 13.1 Å². The smallest absolute Gasteiger partial charge is 0.325 e. The Balaban J connectivity index is 1.85. The van der Waals surface area contributed by atoms with Crippen molar-refractivity contribution in [1.29, 1.82) is 0 Å². The summed E-state index contributed by atoms with van der Waals surface area (Å²) in [5.41, 5.74) is 6.02. The van der Waals surface area contributed by atoms with Crippen molar-refractivity contribution in [2.45, 2.75) is 56.7 Å². The molecule has 0 bridgehead atoms. The summed E-state index contributed by atoms with van der Waals surface area (Å²) in [5.74, 6) is 0. The van der Waals surface area contributed by atoms with Crippen molar-refractivity contribution in [3.05, 3.63) is 0 Å². The summed E-state index contributed by atoms with van der Waals surface area (Å²) in [4.78, 5) is 0. The highest BCUT2D eigenvalue weighted by Gasteiger charge is 2.31. The van der Waals surface area contributed by atoms with Crippen molar-refractivity contribution in [1.82, 2.24) is 5.32 Å². The minimum Gasteiger partial charge on any atom is -0.325 e. The minimum atomic E-state index is -4.01. The fraction of sp³-hybridized carbons (Fsp3) is 1.00. The lowest BCUT2D eigenvalue weighted by Crippen LogP contribution is -2.48. The van der Waals surface area contributed by atoms with E-state index >= 15 is 0 Å². The molecule has 0 saturated heterocycles. The van der Waals surface area contributed by atoms with Gasteiger partial charge in [0.05, 0.1) is 0 Å². The maximum absolute atomic E-state index is 11.8. The number of alkyl halides is 3. The van der Waals surface area contributed by atoms with Crippen LogP contribution in [0.2, 0.25) is 0 Å². The van der Waals surface area contributed by atoms with Gasteiger partial charge in [-0.3, -0.25) is 0 Å². The van der Waals surface area contributed by atoms with Crippen molar-refractivity contribution in [3.8, 4) is 0 Å². The van der Waals surface area contributed by atoms with E-state index in [1.165, 1.54) is 6.42 Å². The first-order chi connectivity index (χ1) is 7.41. The van der Waals surface area contributed by atoms with Crippen molar-refractivity contribution in [3.63, 3.8) is 0 Å². The number of rotatable bonds is 7. The summed E-state index contributed by atoms with van der Waals surface area (Å²) in [6.07, 6.45) is 0.434. The third-order valence-electron chi connectivity index (χ3n) is 3.21. The number of nitrogens with one attached hydrogen (secondary N) is 1. The molecule has 0 spiro atoms. The normalized spacial score (nSPS) is 19.5. The molecule has 16 heavy (non-hydrogen) atoms. The second kappa shape index (κ2) is 5.87. The Morgan fingerprint density at radius 1 is 1.12 bits per heavy atom. The molecule has 1 saturated carbocycles. The fourth-order valence-electron chi connectivity index (χ4n) is 1.92. The third-order valence-corrected chi connectivity index (χ3v) is 3.21. The minimum absolute atomic E-state index is 0.0129. The van der Waals surface area contributed by atoms with Crippen LogP contribution in [-0.2, 0) is 0 Å². The molecule has 0 aromatic rings. The Morgan fingerprint density at radius 2 is 1.81 bits per heavy atom. The molecule has 0 atom stereocenters. The van der Waals surface area contributed by atoms with Gasteiger partial charge in [0.2, 0.25) is 0 Å². The van der Waals surface area contributed by atoms with E-state index in [2.05, 4.69) is 5.32 Å². The van der Waals surface area contributed by atoms with E-state index in [0.29, 0.717) is 13.0 Å². The van der Waals surface area contributed by atoms with Crippen LogP contribution in [0, 0.1) is 0 Å². The summed E-state index contributed by atoms with van der Waals surface area (Å²) in [7, 11) is 0. The van der Waals surface area contributed by atoms with Crippen LogP contribution >= 0.6 is 0 Å². The van der Waals surface area contributed by atoms with E-state index in [1.807, 2.05) is 0 Å². The van der Waals surface area contributed by atoms with Crippen LogP contribution in [0.1, 0.15) is 44.9 Å². The van der Waals surface area contributed by atoms with Crippen LogP contribution in [0.4, 0.5) is 13.2 Å². The summed E-state index contributed by atoms with van der Waals surface area (Å²) in [6.45, 7) is 1.48. The second-order valence-electron chi connectivity index (χ2n) is 4.79. The molecule has 2 nitrogen and oxygen atoms in total. The van der Waals surface area contributed by atoms with Crippen LogP contribution in [0.25, 0.3) is 0 Å². The molecule has 0 amide bonds. The molecule has 0 aromatic heterocycles. The Bertz CT molecular complexity index is 200. The molecule has 3 N–H and O–H groups in total. The number of hydrogen-bond acceptors (Lipinski definition) is 2. The Labute approximate surface area is 94.8 Å². The highest BCUT2D eigenvalue weighted by molar-refractivity contribution is 4.92. The van der Waals surface area contributed by atoms with Crippen LogP contribution in [0.3, 0.4) is 0 Å². The molecule has 1 fully saturated rings. The van der Waals surface area contributed by atoms with Gasteiger partial charge in [-0.2, -0.15) is 13.2 Å². The van der Waals surface area contributed by atoms with Crippen molar-refractivity contribution < 1.29 is 13.2 Å². The molecular formula is C11H21F3N2. The SMILES string of the molecule is NC1(CCNCCCCC(F)(F)F)CCC1. The van der Waals surface area contributed by atoms with Gasteiger partial charge in [0, 0.05) is 12.0 Å². The topological polar surface area (TPSA) is 38.0 Å². The number of hydrogen-bond donors (Lipinski definition) is 2. The van der Waals surface area contributed by atoms with E-state index in [0.717, 1.165) is 25.8 Å². The lowest BCUT2D eigenvalue weighted by molar-refractivity contribution is -0.135. The summed E-state index contributed by atoms with van der Waals surface area (Å²) >= 11 is 0. The average molecular weight is 238 g/mol. The van der Waals surface area contributed by atoms with Gasteiger partial charge < -0.3 is 11.1 Å². The van der Waals surface area contributed by atoms with Gasteiger partial charge in [0.25, 0.3) is 0 Å². The van der Waals surface area contributed by atoms with E-state index in [9.17, 15) is 13.2 Å². The van der Waals surface area contributed by atoms with Gasteiger partial charge in [-0.25, -0.2) is 0 Å². The first-order valence-corrected chi connectivity index (χ1v) is 5.98. The Kier molecular flexibility index (Phi) is 5.05. The van der Waals surface area contributed by atoms with Crippen LogP contribution in [-0.4, -0.2) is 24.8 Å². The first-order valence-electron chi connectivity index (χ1n) is 5.98. The van der Waals surface area contributed by atoms with E-state index < -0.39 is 12.6 Å². The second-order valence-corrected chi connectivity index (χ2v) is 4.79. The van der Waals surface area contributed by atoms with E-state index in [4.69, 9.17) is 5.73 Å². The zero-order chi connectivity index (χ0) is 12.1. The van der Waals surface area contributed by atoms with Gasteiger partial charge in [0.15, 0.2) is 0 Å². The number of nitrogens with two attached hydrogens (primary N) is 1.